The van der Waals surface area contributed by atoms with Gasteiger partial charge in [0.15, 0.2) is 0 Å². The van der Waals surface area contributed by atoms with Crippen LogP contribution in [0.15, 0.2) is 54.6 Å². The van der Waals surface area contributed by atoms with Gasteiger partial charge in [0.05, 0.1) is 29.2 Å². The minimum absolute atomic E-state index is 0.0329. The highest BCUT2D eigenvalue weighted by Gasteiger charge is 2.71. The van der Waals surface area contributed by atoms with Gasteiger partial charge in [-0.3, -0.25) is 14.4 Å². The van der Waals surface area contributed by atoms with Crippen molar-refractivity contribution in [3.8, 4) is 0 Å². The first-order chi connectivity index (χ1) is 18.8. The van der Waals surface area contributed by atoms with Crippen LogP contribution < -0.4 is 0 Å². The highest BCUT2D eigenvalue weighted by atomic mass is 32.2. The van der Waals surface area contributed by atoms with E-state index in [1.165, 1.54) is 0 Å². The van der Waals surface area contributed by atoms with Crippen molar-refractivity contribution in [1.82, 2.24) is 14.7 Å². The van der Waals surface area contributed by atoms with Crippen LogP contribution in [0.25, 0.3) is 0 Å². The summed E-state index contributed by atoms with van der Waals surface area (Å²) in [5.41, 5.74) is 1.05. The average molecular weight is 552 g/mol. The zero-order valence-electron chi connectivity index (χ0n) is 23.2. The molecule has 210 valence electrons. The van der Waals surface area contributed by atoms with Gasteiger partial charge in [-0.1, -0.05) is 81.8 Å². The summed E-state index contributed by atoms with van der Waals surface area (Å²) < 4.78 is -0.843. The normalized spacial score (nSPS) is 30.9. The van der Waals surface area contributed by atoms with Crippen molar-refractivity contribution in [3.63, 3.8) is 0 Å². The van der Waals surface area contributed by atoms with Crippen molar-refractivity contribution in [1.29, 1.82) is 0 Å². The minimum Gasteiger partial charge on any atom is -0.394 e. The molecule has 0 aliphatic carbocycles. The lowest BCUT2D eigenvalue weighted by molar-refractivity contribution is -0.147. The predicted octanol–water partition coefficient (Wildman–Crippen LogP) is 3.49. The maximum Gasteiger partial charge on any atom is 0.247 e. The minimum atomic E-state index is -0.843. The fourth-order valence-corrected chi connectivity index (χ4v) is 8.88. The Morgan fingerprint density at radius 2 is 1.77 bits per heavy atom. The lowest BCUT2D eigenvalue weighted by Gasteiger charge is -2.39. The van der Waals surface area contributed by atoms with E-state index in [0.29, 0.717) is 32.6 Å². The van der Waals surface area contributed by atoms with E-state index in [1.54, 1.807) is 16.7 Å². The molecule has 4 aliphatic heterocycles. The Hall–Kier alpha value is -2.58. The average Bonchev–Trinajstić information content (AvgIpc) is 3.25. The Kier molecular flexibility index (Phi) is 8.24. The molecule has 4 heterocycles. The summed E-state index contributed by atoms with van der Waals surface area (Å²) in [6.07, 6.45) is 10.7. The maximum atomic E-state index is 14.5. The van der Waals surface area contributed by atoms with Gasteiger partial charge in [-0.05, 0) is 24.3 Å². The van der Waals surface area contributed by atoms with E-state index in [1.807, 2.05) is 52.3 Å². The molecular formula is C31H41N3O4S. The molecule has 1 unspecified atom stereocenters. The van der Waals surface area contributed by atoms with Gasteiger partial charge in [0.25, 0.3) is 0 Å². The first-order valence-electron chi connectivity index (χ1n) is 14.4. The molecule has 3 amide bonds. The van der Waals surface area contributed by atoms with Crippen LogP contribution in [0.4, 0.5) is 0 Å². The van der Waals surface area contributed by atoms with E-state index in [4.69, 9.17) is 0 Å². The first-order valence-corrected chi connectivity index (χ1v) is 15.3. The van der Waals surface area contributed by atoms with E-state index in [2.05, 4.69) is 32.9 Å². The van der Waals surface area contributed by atoms with Crippen LogP contribution in [0, 0.1) is 17.8 Å². The van der Waals surface area contributed by atoms with E-state index >= 15 is 0 Å². The molecular weight excluding hydrogens is 510 g/mol. The molecule has 5 rings (SSSR count). The van der Waals surface area contributed by atoms with Gasteiger partial charge in [-0.2, -0.15) is 0 Å². The number of aliphatic hydroxyl groups is 1. The van der Waals surface area contributed by atoms with Gasteiger partial charge in [0, 0.05) is 31.4 Å². The van der Waals surface area contributed by atoms with Crippen molar-refractivity contribution < 1.29 is 19.5 Å². The summed E-state index contributed by atoms with van der Waals surface area (Å²) in [6.45, 7) is 8.13. The molecule has 1 spiro atoms. The summed E-state index contributed by atoms with van der Waals surface area (Å²) >= 11 is 1.61. The Bertz CT molecular complexity index is 1140. The third-order valence-electron chi connectivity index (χ3n) is 8.61. The summed E-state index contributed by atoms with van der Waals surface area (Å²) in [4.78, 5) is 48.4. The Morgan fingerprint density at radius 3 is 2.46 bits per heavy atom. The molecule has 1 N–H and O–H groups in total. The maximum absolute atomic E-state index is 14.5. The summed E-state index contributed by atoms with van der Waals surface area (Å²) in [5.74, 6) is -1.24. The SMILES string of the molecule is CCCCN1CC=C[C@]23S[C@@H]4C=CCN(Cc5ccccc5)C(=O)[C@@H]4[C@H]2C(=O)N([C@@H](CO)CC(C)C)C3C1=O. The van der Waals surface area contributed by atoms with Crippen molar-refractivity contribution in [2.75, 3.05) is 26.2 Å². The van der Waals surface area contributed by atoms with Crippen LogP contribution in [0.3, 0.4) is 0 Å². The Morgan fingerprint density at radius 1 is 1.03 bits per heavy atom. The second-order valence-corrected chi connectivity index (χ2v) is 13.2. The summed E-state index contributed by atoms with van der Waals surface area (Å²) in [6, 6.07) is 8.72. The number of fused-ring (bicyclic) bond motifs is 2. The molecule has 8 heteroatoms. The highest BCUT2D eigenvalue weighted by molar-refractivity contribution is 8.02. The number of unbranched alkanes of at least 4 members (excludes halogenated alkanes) is 1. The Labute approximate surface area is 236 Å². The topological polar surface area (TPSA) is 81.2 Å². The monoisotopic (exact) mass is 551 g/mol. The van der Waals surface area contributed by atoms with Crippen LogP contribution >= 0.6 is 11.8 Å². The second kappa shape index (κ2) is 11.5. The lowest BCUT2D eigenvalue weighted by Crippen LogP contribution is -2.56. The lowest BCUT2D eigenvalue weighted by atomic mass is 9.78. The number of rotatable bonds is 9. The molecule has 0 aromatic heterocycles. The highest BCUT2D eigenvalue weighted by Crippen LogP contribution is 2.61. The van der Waals surface area contributed by atoms with Crippen LogP contribution in [0.5, 0.6) is 0 Å². The van der Waals surface area contributed by atoms with Crippen molar-refractivity contribution >= 4 is 29.5 Å². The quantitative estimate of drug-likeness (QED) is 0.476. The van der Waals surface area contributed by atoms with Gasteiger partial charge in [0.1, 0.15) is 6.04 Å². The van der Waals surface area contributed by atoms with Gasteiger partial charge in [-0.15, -0.1) is 11.8 Å². The molecule has 6 atom stereocenters. The molecule has 1 aromatic carbocycles. The molecule has 4 aliphatic rings. The van der Waals surface area contributed by atoms with Crippen LogP contribution in [-0.4, -0.2) is 85.8 Å². The zero-order chi connectivity index (χ0) is 27.7. The van der Waals surface area contributed by atoms with E-state index in [0.717, 1.165) is 18.4 Å². The number of nitrogens with zero attached hydrogens (tertiary/aromatic N) is 3. The molecule has 7 nitrogen and oxygen atoms in total. The number of aliphatic hydroxyl groups excluding tert-OH is 1. The number of carbonyl (C=O) groups is 3. The number of likely N-dealkylation sites (tertiary alicyclic amines) is 1. The number of hydrogen-bond donors (Lipinski definition) is 1. The number of amides is 3. The van der Waals surface area contributed by atoms with E-state index < -0.39 is 28.7 Å². The predicted molar refractivity (Wildman–Crippen MR) is 154 cm³/mol. The molecule has 1 aromatic rings. The van der Waals surface area contributed by atoms with E-state index in [9.17, 15) is 19.5 Å². The number of benzene rings is 1. The van der Waals surface area contributed by atoms with E-state index in [-0.39, 0.29) is 35.5 Å². The zero-order valence-corrected chi connectivity index (χ0v) is 24.1. The number of carbonyl (C=O) groups excluding carboxylic acids is 3. The van der Waals surface area contributed by atoms with Gasteiger partial charge < -0.3 is 19.8 Å². The van der Waals surface area contributed by atoms with Gasteiger partial charge >= 0.3 is 0 Å². The summed E-state index contributed by atoms with van der Waals surface area (Å²) in [5, 5.41) is 10.3. The van der Waals surface area contributed by atoms with Crippen LogP contribution in [0.2, 0.25) is 0 Å². The Balaban J connectivity index is 1.56. The third kappa shape index (κ3) is 4.95. The second-order valence-electron chi connectivity index (χ2n) is 11.7. The number of hydrogen-bond acceptors (Lipinski definition) is 5. The molecule has 0 radical (unpaired) electrons. The van der Waals surface area contributed by atoms with Crippen LogP contribution in [-0.2, 0) is 20.9 Å². The smallest absolute Gasteiger partial charge is 0.247 e. The van der Waals surface area contributed by atoms with Gasteiger partial charge in [-0.25, -0.2) is 0 Å². The fourth-order valence-electron chi connectivity index (χ4n) is 6.88. The molecule has 39 heavy (non-hydrogen) atoms. The number of thioether (sulfide) groups is 1. The standard InChI is InChI=1S/C31H41N3O4S/c1-4-5-15-32-17-10-14-31-26(29(37)34(27(31)30(32)38)23(20-35)18-21(2)3)25-24(39-31)13-9-16-33(28(25)36)19-22-11-7-6-8-12-22/h6-14,21,23-27,35H,4-5,15-20H2,1-3H3/t23-,24-,25+,26+,27?,31+/m1/s1. The van der Waals surface area contributed by atoms with Crippen molar-refractivity contribution in [2.24, 2.45) is 17.8 Å². The molecule has 2 fully saturated rings. The summed E-state index contributed by atoms with van der Waals surface area (Å²) in [7, 11) is 0. The van der Waals surface area contributed by atoms with Crippen LogP contribution in [0.1, 0.15) is 45.6 Å². The largest absolute Gasteiger partial charge is 0.394 e. The first kappa shape index (κ1) is 28.0. The molecule has 0 saturated carbocycles. The fraction of sp³-hybridized carbons (Fsp3) is 0.581. The third-order valence-corrected chi connectivity index (χ3v) is 10.4. The van der Waals surface area contributed by atoms with Crippen molar-refractivity contribution in [3.05, 3.63) is 60.2 Å². The molecule has 0 bridgehead atoms. The van der Waals surface area contributed by atoms with Crippen molar-refractivity contribution in [2.45, 2.75) is 68.7 Å². The molecule has 2 saturated heterocycles. The van der Waals surface area contributed by atoms with Gasteiger partial charge in [0.2, 0.25) is 17.7 Å².